The number of halogens is 6. The highest BCUT2D eigenvalue weighted by atomic mass is 19.4. The summed E-state index contributed by atoms with van der Waals surface area (Å²) in [6, 6.07) is 20.8. The number of urea groups is 1. The molecule has 2 amide bonds. The highest BCUT2D eigenvalue weighted by Gasteiger charge is 2.55. The number of carbonyl (C=O) groups is 1. The molecule has 11 heteroatoms. The molecule has 0 spiro atoms. The summed E-state index contributed by atoms with van der Waals surface area (Å²) in [6.45, 7) is 3.84. The molecule has 1 atom stereocenters. The predicted molar refractivity (Wildman–Crippen MR) is 158 cm³/mol. The smallest absolute Gasteiger partial charge is 0.373 e. The summed E-state index contributed by atoms with van der Waals surface area (Å²) in [7, 11) is 0. The van der Waals surface area contributed by atoms with E-state index in [2.05, 4.69) is 10.6 Å². The van der Waals surface area contributed by atoms with Crippen LogP contribution in [-0.2, 0) is 29.0 Å². The van der Waals surface area contributed by atoms with E-state index in [4.69, 9.17) is 4.74 Å². The molecule has 5 nitrogen and oxygen atoms in total. The van der Waals surface area contributed by atoms with Crippen molar-refractivity contribution < 1.29 is 35.9 Å². The van der Waals surface area contributed by atoms with Crippen molar-refractivity contribution in [2.75, 3.05) is 26.2 Å². The quantitative estimate of drug-likeness (QED) is 0.224. The molecule has 5 rings (SSSR count). The van der Waals surface area contributed by atoms with Gasteiger partial charge in [0.15, 0.2) is 0 Å². The van der Waals surface area contributed by atoms with E-state index < -0.39 is 40.5 Å². The molecule has 0 aromatic heterocycles. The monoisotopic (exact) mass is 633 g/mol. The fourth-order valence-electron chi connectivity index (χ4n) is 6.49. The first-order valence-corrected chi connectivity index (χ1v) is 15.1. The lowest BCUT2D eigenvalue weighted by Gasteiger charge is -2.57. The highest BCUT2D eigenvalue weighted by molar-refractivity contribution is 5.74. The zero-order valence-electron chi connectivity index (χ0n) is 25.0. The van der Waals surface area contributed by atoms with E-state index in [1.54, 1.807) is 4.90 Å². The maximum Gasteiger partial charge on any atom is 0.416 e. The molecule has 1 aliphatic heterocycles. The van der Waals surface area contributed by atoms with E-state index in [9.17, 15) is 31.1 Å². The summed E-state index contributed by atoms with van der Waals surface area (Å²) in [4.78, 5) is 14.7. The molecule has 0 radical (unpaired) electrons. The zero-order chi connectivity index (χ0) is 32.3. The number of benzene rings is 3. The number of hydrogen-bond donors (Lipinski definition) is 2. The Morgan fingerprint density at radius 3 is 1.98 bits per heavy atom. The molecule has 3 aromatic carbocycles. The molecule has 1 unspecified atom stereocenters. The second kappa shape index (κ2) is 13.0. The van der Waals surface area contributed by atoms with Crippen LogP contribution >= 0.6 is 0 Å². The lowest BCUT2D eigenvalue weighted by Crippen LogP contribution is -2.68. The second-order valence-electron chi connectivity index (χ2n) is 12.3. The van der Waals surface area contributed by atoms with Crippen LogP contribution in [-0.4, -0.2) is 42.7 Å². The van der Waals surface area contributed by atoms with Crippen LogP contribution in [0.3, 0.4) is 0 Å². The van der Waals surface area contributed by atoms with Gasteiger partial charge in [0.05, 0.1) is 23.8 Å². The number of alkyl halides is 6. The molecule has 1 heterocycles. The summed E-state index contributed by atoms with van der Waals surface area (Å²) >= 11 is 0. The van der Waals surface area contributed by atoms with E-state index in [0.29, 0.717) is 39.0 Å². The summed E-state index contributed by atoms with van der Waals surface area (Å²) < 4.78 is 87.3. The molecular formula is C34H37F6N3O2. The fraction of sp³-hybridized carbons (Fsp3) is 0.441. The molecular weight excluding hydrogens is 596 g/mol. The summed E-state index contributed by atoms with van der Waals surface area (Å²) in [5, 5.41) is 6.74. The summed E-state index contributed by atoms with van der Waals surface area (Å²) in [6.07, 6.45) is -7.95. The van der Waals surface area contributed by atoms with Gasteiger partial charge in [0.2, 0.25) is 0 Å². The Hall–Kier alpha value is -3.57. The van der Waals surface area contributed by atoms with Crippen LogP contribution in [0.5, 0.6) is 0 Å². The standard InChI is InChI=1S/C34H37F6N3O2/c1-24(26-16-28(33(35,36)37)18-29(17-26)34(38,39)40)45-23-31(27-12-6-3-7-13-27)20-32(21-31,42-19-25-10-4-2-5-11-25)22-41-30(44)43-14-8-9-15-43/h2-7,10-13,16-18,24,42H,8-9,14-15,19-23H2,1H3,(H,41,44). The first-order valence-electron chi connectivity index (χ1n) is 15.1. The van der Waals surface area contributed by atoms with E-state index >= 15 is 0 Å². The molecule has 1 saturated carbocycles. The average Bonchev–Trinajstić information content (AvgIpc) is 3.55. The Bertz CT molecular complexity index is 1400. The lowest BCUT2D eigenvalue weighted by molar-refractivity contribution is -0.143. The third-order valence-corrected chi connectivity index (χ3v) is 8.91. The van der Waals surface area contributed by atoms with E-state index in [1.807, 2.05) is 60.7 Å². The SMILES string of the molecule is CC(OCC1(c2ccccc2)CC(CNC(=O)N2CCCC2)(NCc2ccccc2)C1)c1cc(C(F)(F)F)cc(C(F)(F)F)c1. The van der Waals surface area contributed by atoms with Gasteiger partial charge in [-0.1, -0.05) is 60.7 Å². The largest absolute Gasteiger partial charge is 0.416 e. The van der Waals surface area contributed by atoms with Crippen molar-refractivity contribution in [3.05, 3.63) is 107 Å². The number of amides is 2. The number of rotatable bonds is 10. The zero-order valence-corrected chi connectivity index (χ0v) is 25.0. The van der Waals surface area contributed by atoms with Crippen molar-refractivity contribution >= 4 is 6.03 Å². The topological polar surface area (TPSA) is 53.6 Å². The first-order chi connectivity index (χ1) is 21.3. The van der Waals surface area contributed by atoms with Crippen molar-refractivity contribution in [1.82, 2.24) is 15.5 Å². The molecule has 2 aliphatic rings. The Morgan fingerprint density at radius 1 is 0.867 bits per heavy atom. The molecule has 242 valence electrons. The van der Waals surface area contributed by atoms with Gasteiger partial charge in [0.25, 0.3) is 0 Å². The molecule has 1 saturated heterocycles. The van der Waals surface area contributed by atoms with Gasteiger partial charge in [-0.2, -0.15) is 26.3 Å². The van der Waals surface area contributed by atoms with Crippen LogP contribution in [0.4, 0.5) is 31.1 Å². The van der Waals surface area contributed by atoms with Crippen molar-refractivity contribution in [2.24, 2.45) is 0 Å². The minimum absolute atomic E-state index is 0.0601. The average molecular weight is 634 g/mol. The van der Waals surface area contributed by atoms with E-state index in [1.165, 1.54) is 6.92 Å². The van der Waals surface area contributed by atoms with Crippen molar-refractivity contribution in [3.8, 4) is 0 Å². The molecule has 0 bridgehead atoms. The maximum atomic E-state index is 13.5. The Kier molecular flexibility index (Phi) is 9.51. The lowest BCUT2D eigenvalue weighted by atomic mass is 9.54. The summed E-state index contributed by atoms with van der Waals surface area (Å²) in [5.74, 6) is 0. The van der Waals surface area contributed by atoms with Crippen LogP contribution in [0.25, 0.3) is 0 Å². The van der Waals surface area contributed by atoms with Gasteiger partial charge < -0.3 is 20.3 Å². The number of nitrogens with one attached hydrogen (secondary N) is 2. The second-order valence-corrected chi connectivity index (χ2v) is 12.3. The Labute approximate surface area is 259 Å². The van der Waals surface area contributed by atoms with E-state index in [-0.39, 0.29) is 24.3 Å². The van der Waals surface area contributed by atoms with Crippen molar-refractivity contribution in [1.29, 1.82) is 0 Å². The minimum atomic E-state index is -4.95. The number of nitrogens with zero attached hydrogens (tertiary/aromatic N) is 1. The number of ether oxygens (including phenoxy) is 1. The molecule has 1 aliphatic carbocycles. The van der Waals surface area contributed by atoms with Crippen LogP contribution in [0.1, 0.15) is 66.5 Å². The van der Waals surface area contributed by atoms with Gasteiger partial charge in [-0.05, 0) is 67.5 Å². The van der Waals surface area contributed by atoms with Gasteiger partial charge in [0.1, 0.15) is 0 Å². The van der Waals surface area contributed by atoms with Crippen molar-refractivity contribution in [3.63, 3.8) is 0 Å². The number of hydrogen-bond acceptors (Lipinski definition) is 3. The Balaban J connectivity index is 1.38. The van der Waals surface area contributed by atoms with Gasteiger partial charge in [-0.3, -0.25) is 0 Å². The molecule has 3 aromatic rings. The highest BCUT2D eigenvalue weighted by Crippen LogP contribution is 2.51. The normalized spacial score (nSPS) is 22.6. The van der Waals surface area contributed by atoms with Crippen LogP contribution in [0, 0.1) is 0 Å². The fourth-order valence-corrected chi connectivity index (χ4v) is 6.49. The number of likely N-dealkylation sites (tertiary alicyclic amines) is 1. The molecule has 45 heavy (non-hydrogen) atoms. The van der Waals surface area contributed by atoms with Crippen LogP contribution in [0.2, 0.25) is 0 Å². The molecule has 2 fully saturated rings. The van der Waals surface area contributed by atoms with Gasteiger partial charge in [-0.15, -0.1) is 0 Å². The minimum Gasteiger partial charge on any atom is -0.373 e. The van der Waals surface area contributed by atoms with Crippen LogP contribution < -0.4 is 10.6 Å². The molecule has 2 N–H and O–H groups in total. The summed E-state index contributed by atoms with van der Waals surface area (Å²) in [5.41, 5.74) is -2.05. The van der Waals surface area contributed by atoms with Crippen molar-refractivity contribution in [2.45, 2.75) is 68.6 Å². The third-order valence-electron chi connectivity index (χ3n) is 8.91. The van der Waals surface area contributed by atoms with Gasteiger partial charge >= 0.3 is 18.4 Å². The van der Waals surface area contributed by atoms with Crippen LogP contribution in [0.15, 0.2) is 78.9 Å². The van der Waals surface area contributed by atoms with Gasteiger partial charge in [0, 0.05) is 37.1 Å². The Morgan fingerprint density at radius 2 is 1.42 bits per heavy atom. The maximum absolute atomic E-state index is 13.5. The predicted octanol–water partition coefficient (Wildman–Crippen LogP) is 7.87. The van der Waals surface area contributed by atoms with E-state index in [0.717, 1.165) is 36.1 Å². The first kappa shape index (κ1) is 32.8. The number of carbonyl (C=O) groups excluding carboxylic acids is 1. The van der Waals surface area contributed by atoms with Gasteiger partial charge in [-0.25, -0.2) is 4.79 Å². The third kappa shape index (κ3) is 7.81.